The molecule has 1 aromatic carbocycles. The van der Waals surface area contributed by atoms with Crippen molar-refractivity contribution in [3.63, 3.8) is 0 Å². The van der Waals surface area contributed by atoms with Crippen molar-refractivity contribution in [2.24, 2.45) is 12.0 Å². The second-order valence-electron chi connectivity index (χ2n) is 5.04. The molecule has 0 radical (unpaired) electrons. The largest absolute Gasteiger partial charge is 0.254 e. The van der Waals surface area contributed by atoms with Crippen LogP contribution >= 0.6 is 11.3 Å². The average Bonchev–Trinajstić information content (AvgIpc) is 3.10. The molecule has 2 aromatic rings. The standard InChI is InChI=1S/C15H16N4S/c1-16-12-9-7-11(8-10-12)14-18-19(2)15(20-14)17-13-5-3-4-6-13/h7-10,13H,3-6H2,2H3. The fourth-order valence-corrected chi connectivity index (χ4v) is 3.41. The van der Waals surface area contributed by atoms with Crippen molar-refractivity contribution in [1.29, 1.82) is 0 Å². The molecule has 1 aliphatic carbocycles. The van der Waals surface area contributed by atoms with Gasteiger partial charge in [-0.15, -0.1) is 0 Å². The highest BCUT2D eigenvalue weighted by atomic mass is 32.1. The molecule has 0 aliphatic heterocycles. The summed E-state index contributed by atoms with van der Waals surface area (Å²) in [5, 5.41) is 5.50. The minimum absolute atomic E-state index is 0.471. The van der Waals surface area contributed by atoms with Crippen LogP contribution in [-0.2, 0) is 7.05 Å². The molecule has 0 amide bonds. The van der Waals surface area contributed by atoms with E-state index in [-0.39, 0.29) is 0 Å². The number of benzene rings is 1. The minimum Gasteiger partial charge on any atom is -0.254 e. The van der Waals surface area contributed by atoms with Crippen molar-refractivity contribution < 1.29 is 0 Å². The van der Waals surface area contributed by atoms with Gasteiger partial charge in [-0.1, -0.05) is 48.4 Å². The molecule has 0 atom stereocenters. The first-order valence-corrected chi connectivity index (χ1v) is 7.64. The zero-order valence-electron chi connectivity index (χ0n) is 11.4. The Bertz CT molecular complexity index is 697. The van der Waals surface area contributed by atoms with Crippen molar-refractivity contribution in [2.45, 2.75) is 31.7 Å². The minimum atomic E-state index is 0.471. The molecule has 0 saturated heterocycles. The Kier molecular flexibility index (Phi) is 3.66. The normalized spacial score (nSPS) is 16.5. The lowest BCUT2D eigenvalue weighted by atomic mass is 10.2. The second kappa shape index (κ2) is 5.59. The monoisotopic (exact) mass is 284 g/mol. The summed E-state index contributed by atoms with van der Waals surface area (Å²) in [6, 6.07) is 8.03. The Morgan fingerprint density at radius 1 is 1.30 bits per heavy atom. The third-order valence-corrected chi connectivity index (χ3v) is 4.63. The maximum Gasteiger partial charge on any atom is 0.203 e. The highest BCUT2D eigenvalue weighted by Gasteiger charge is 2.14. The predicted molar refractivity (Wildman–Crippen MR) is 80.6 cm³/mol. The summed E-state index contributed by atoms with van der Waals surface area (Å²) in [7, 11) is 1.95. The van der Waals surface area contributed by atoms with E-state index in [1.165, 1.54) is 25.7 Å². The van der Waals surface area contributed by atoms with Gasteiger partial charge in [0.05, 0.1) is 12.6 Å². The van der Waals surface area contributed by atoms with Crippen LogP contribution in [0.3, 0.4) is 0 Å². The summed E-state index contributed by atoms with van der Waals surface area (Å²) < 4.78 is 1.86. The van der Waals surface area contributed by atoms with Gasteiger partial charge in [-0.2, -0.15) is 5.10 Å². The van der Waals surface area contributed by atoms with Crippen molar-refractivity contribution in [1.82, 2.24) is 9.78 Å². The highest BCUT2D eigenvalue weighted by molar-refractivity contribution is 7.12. The van der Waals surface area contributed by atoms with Gasteiger partial charge in [0.25, 0.3) is 0 Å². The third kappa shape index (κ3) is 2.66. The summed E-state index contributed by atoms with van der Waals surface area (Å²) in [6.07, 6.45) is 4.99. The van der Waals surface area contributed by atoms with Crippen molar-refractivity contribution in [2.75, 3.05) is 0 Å². The smallest absolute Gasteiger partial charge is 0.203 e. The van der Waals surface area contributed by atoms with Gasteiger partial charge < -0.3 is 0 Å². The number of rotatable bonds is 2. The maximum absolute atomic E-state index is 6.98. The lowest BCUT2D eigenvalue weighted by molar-refractivity contribution is 0.646. The first-order chi connectivity index (χ1) is 9.76. The van der Waals surface area contributed by atoms with Crippen molar-refractivity contribution in [3.8, 4) is 10.6 Å². The number of hydrogen-bond donors (Lipinski definition) is 0. The van der Waals surface area contributed by atoms with Gasteiger partial charge in [-0.3, -0.25) is 4.99 Å². The summed E-state index contributed by atoms with van der Waals surface area (Å²) >= 11 is 1.62. The van der Waals surface area contributed by atoms with E-state index in [4.69, 9.17) is 11.6 Å². The number of nitrogens with zero attached hydrogens (tertiary/aromatic N) is 4. The zero-order valence-corrected chi connectivity index (χ0v) is 12.2. The first kappa shape index (κ1) is 13.1. The molecule has 1 aliphatic rings. The van der Waals surface area contributed by atoms with Crippen molar-refractivity contribution in [3.05, 3.63) is 40.5 Å². The number of aromatic nitrogens is 2. The van der Waals surface area contributed by atoms with E-state index in [1.807, 2.05) is 36.0 Å². The third-order valence-electron chi connectivity index (χ3n) is 3.57. The average molecular weight is 284 g/mol. The van der Waals surface area contributed by atoms with E-state index >= 15 is 0 Å². The Morgan fingerprint density at radius 3 is 2.65 bits per heavy atom. The van der Waals surface area contributed by atoms with Crippen LogP contribution in [0, 0.1) is 6.57 Å². The van der Waals surface area contributed by atoms with E-state index in [2.05, 4.69) is 9.94 Å². The zero-order chi connectivity index (χ0) is 13.9. The molecule has 0 bridgehead atoms. The molecular weight excluding hydrogens is 268 g/mol. The molecule has 20 heavy (non-hydrogen) atoms. The van der Waals surface area contributed by atoms with Crippen LogP contribution < -0.4 is 4.80 Å². The Morgan fingerprint density at radius 2 is 2.00 bits per heavy atom. The van der Waals surface area contributed by atoms with Crippen LogP contribution in [0.25, 0.3) is 15.4 Å². The second-order valence-corrected chi connectivity index (χ2v) is 6.00. The van der Waals surface area contributed by atoms with Gasteiger partial charge in [0.2, 0.25) is 4.80 Å². The van der Waals surface area contributed by atoms with Gasteiger partial charge in [0.1, 0.15) is 5.01 Å². The molecule has 1 heterocycles. The highest BCUT2D eigenvalue weighted by Crippen LogP contribution is 2.24. The Hall–Kier alpha value is -1.93. The molecule has 1 saturated carbocycles. The van der Waals surface area contributed by atoms with E-state index in [0.717, 1.165) is 15.4 Å². The molecular formula is C15H16N4S. The van der Waals surface area contributed by atoms with Crippen LogP contribution in [0.4, 0.5) is 5.69 Å². The molecule has 3 rings (SSSR count). The van der Waals surface area contributed by atoms with Crippen LogP contribution in [0.15, 0.2) is 29.3 Å². The van der Waals surface area contributed by atoms with Crippen LogP contribution in [0.2, 0.25) is 0 Å². The van der Waals surface area contributed by atoms with Gasteiger partial charge in [0.15, 0.2) is 5.69 Å². The molecule has 1 aromatic heterocycles. The van der Waals surface area contributed by atoms with Gasteiger partial charge in [-0.05, 0) is 12.8 Å². The fraction of sp³-hybridized carbons (Fsp3) is 0.400. The van der Waals surface area contributed by atoms with Gasteiger partial charge in [0, 0.05) is 12.6 Å². The summed E-state index contributed by atoms with van der Waals surface area (Å²) in [5.41, 5.74) is 1.71. The van der Waals surface area contributed by atoms with Gasteiger partial charge in [-0.25, -0.2) is 9.53 Å². The van der Waals surface area contributed by atoms with Crippen molar-refractivity contribution >= 4 is 17.0 Å². The summed E-state index contributed by atoms with van der Waals surface area (Å²) in [5.74, 6) is 0. The molecule has 102 valence electrons. The predicted octanol–water partition coefficient (Wildman–Crippen LogP) is 3.54. The Balaban J connectivity index is 1.93. The lowest BCUT2D eigenvalue weighted by Gasteiger charge is -1.98. The van der Waals surface area contributed by atoms with Crippen LogP contribution in [-0.4, -0.2) is 15.8 Å². The maximum atomic E-state index is 6.98. The van der Waals surface area contributed by atoms with E-state index in [0.29, 0.717) is 11.7 Å². The number of hydrogen-bond acceptors (Lipinski definition) is 3. The van der Waals surface area contributed by atoms with Gasteiger partial charge >= 0.3 is 0 Å². The number of aryl methyl sites for hydroxylation is 1. The molecule has 0 unspecified atom stereocenters. The van der Waals surface area contributed by atoms with E-state index in [1.54, 1.807) is 11.3 Å². The Labute approximate surface area is 122 Å². The SMILES string of the molecule is [C-]#[N+]c1ccc(-c2nn(C)c(=NC3CCCC3)s2)cc1. The molecule has 0 N–H and O–H groups in total. The first-order valence-electron chi connectivity index (χ1n) is 6.82. The van der Waals surface area contributed by atoms with Crippen LogP contribution in [0.1, 0.15) is 25.7 Å². The van der Waals surface area contributed by atoms with E-state index < -0.39 is 0 Å². The molecule has 5 heteroatoms. The molecule has 4 nitrogen and oxygen atoms in total. The molecule has 1 fully saturated rings. The topological polar surface area (TPSA) is 34.5 Å². The summed E-state index contributed by atoms with van der Waals surface area (Å²) in [4.78, 5) is 9.20. The van der Waals surface area contributed by atoms with Crippen LogP contribution in [0.5, 0.6) is 0 Å². The molecule has 0 spiro atoms. The quantitative estimate of drug-likeness (QED) is 0.777. The lowest BCUT2D eigenvalue weighted by Crippen LogP contribution is -2.15. The summed E-state index contributed by atoms with van der Waals surface area (Å²) in [6.45, 7) is 6.98. The fourth-order valence-electron chi connectivity index (χ4n) is 2.45. The van der Waals surface area contributed by atoms with E-state index in [9.17, 15) is 0 Å².